The number of unbranched alkanes of at least 4 members (excludes halogenated alkanes) is 9. The summed E-state index contributed by atoms with van der Waals surface area (Å²) in [5.74, 6) is 0.418. The van der Waals surface area contributed by atoms with Gasteiger partial charge in [0.2, 0.25) is 0 Å². The molecule has 0 spiro atoms. The third kappa shape index (κ3) is 10.2. The van der Waals surface area contributed by atoms with Crippen molar-refractivity contribution in [2.24, 2.45) is 0 Å². The molecule has 0 radical (unpaired) electrons. The van der Waals surface area contributed by atoms with Crippen LogP contribution >= 0.6 is 11.8 Å². The summed E-state index contributed by atoms with van der Waals surface area (Å²) in [7, 11) is 1.44. The third-order valence-electron chi connectivity index (χ3n) is 5.05. The fourth-order valence-corrected chi connectivity index (χ4v) is 4.52. The van der Waals surface area contributed by atoms with E-state index in [4.69, 9.17) is 10.00 Å². The number of rotatable bonds is 16. The lowest BCUT2D eigenvalue weighted by Gasteiger charge is -2.18. The molecule has 4 heteroatoms. The van der Waals surface area contributed by atoms with Gasteiger partial charge in [-0.05, 0) is 24.0 Å². The number of carbonyl (C=O) groups excluding carboxylic acids is 1. The number of hydrogen-bond donors (Lipinski definition) is 0. The van der Waals surface area contributed by atoms with Gasteiger partial charge in [0.05, 0.1) is 13.2 Å². The fourth-order valence-electron chi connectivity index (χ4n) is 3.43. The van der Waals surface area contributed by atoms with Crippen molar-refractivity contribution in [3.8, 4) is 6.07 Å². The predicted octanol–water partition coefficient (Wildman–Crippen LogP) is 7.01. The largest absolute Gasteiger partial charge is 0.468 e. The highest BCUT2D eigenvalue weighted by molar-refractivity contribution is 8.00. The van der Waals surface area contributed by atoms with Gasteiger partial charge in [0.25, 0.3) is 0 Å². The van der Waals surface area contributed by atoms with Gasteiger partial charge in [-0.15, -0.1) is 11.8 Å². The maximum atomic E-state index is 12.3. The van der Waals surface area contributed by atoms with Crippen LogP contribution in [-0.2, 0) is 16.0 Å². The first-order chi connectivity index (χ1) is 13.7. The van der Waals surface area contributed by atoms with Gasteiger partial charge in [-0.1, -0.05) is 89.0 Å². The summed E-state index contributed by atoms with van der Waals surface area (Å²) in [5, 5.41) is 8.44. The number of aryl methyl sites for hydroxylation is 1. The van der Waals surface area contributed by atoms with Gasteiger partial charge in [0.1, 0.15) is 5.25 Å². The maximum Gasteiger partial charge on any atom is 0.323 e. The molecule has 0 aromatic heterocycles. The Kier molecular flexibility index (Phi) is 14.5. The normalized spacial score (nSPS) is 11.8. The highest BCUT2D eigenvalue weighted by atomic mass is 32.2. The van der Waals surface area contributed by atoms with E-state index in [1.807, 2.05) is 18.2 Å². The average Bonchev–Trinajstić information content (AvgIpc) is 2.72. The molecule has 1 rings (SSSR count). The lowest BCUT2D eigenvalue weighted by molar-refractivity contribution is -0.140. The standard InChI is InChI=1S/C24H37NO2S/c1-3-4-5-6-7-8-9-10-11-12-16-21-17-13-14-18-22(21)23(24(26)27-2)28-20-15-19-25/h13-14,17-18,23H,3-12,15-16,20H2,1-2H3. The molecule has 1 aromatic carbocycles. The Morgan fingerprint density at radius 1 is 1.04 bits per heavy atom. The van der Waals surface area contributed by atoms with Crippen LogP contribution in [-0.4, -0.2) is 18.8 Å². The molecule has 0 amide bonds. The van der Waals surface area contributed by atoms with E-state index in [9.17, 15) is 4.79 Å². The number of methoxy groups -OCH3 is 1. The topological polar surface area (TPSA) is 50.1 Å². The molecule has 0 saturated carbocycles. The van der Waals surface area contributed by atoms with Crippen molar-refractivity contribution in [2.45, 2.75) is 89.2 Å². The Labute approximate surface area is 176 Å². The Hall–Kier alpha value is -1.47. The Balaban J connectivity index is 2.43. The number of hydrogen-bond acceptors (Lipinski definition) is 4. The lowest BCUT2D eigenvalue weighted by Crippen LogP contribution is -2.13. The molecule has 0 heterocycles. The zero-order valence-corrected chi connectivity index (χ0v) is 18.6. The van der Waals surface area contributed by atoms with Crippen LogP contribution < -0.4 is 0 Å². The molecule has 0 aliphatic rings. The van der Waals surface area contributed by atoms with Gasteiger partial charge in [0.15, 0.2) is 0 Å². The van der Waals surface area contributed by atoms with Gasteiger partial charge in [-0.25, -0.2) is 0 Å². The molecular weight excluding hydrogens is 366 g/mol. The predicted molar refractivity (Wildman–Crippen MR) is 119 cm³/mol. The SMILES string of the molecule is CCCCCCCCCCCCc1ccccc1C(SCCC#N)C(=O)OC. The van der Waals surface area contributed by atoms with Crippen molar-refractivity contribution < 1.29 is 9.53 Å². The third-order valence-corrected chi connectivity index (χ3v) is 6.27. The first-order valence-corrected chi connectivity index (χ1v) is 11.9. The van der Waals surface area contributed by atoms with E-state index < -0.39 is 0 Å². The van der Waals surface area contributed by atoms with E-state index in [2.05, 4.69) is 19.1 Å². The van der Waals surface area contributed by atoms with Crippen LogP contribution in [0.25, 0.3) is 0 Å². The number of benzene rings is 1. The minimum Gasteiger partial charge on any atom is -0.468 e. The number of ether oxygens (including phenoxy) is 1. The molecule has 1 atom stereocenters. The van der Waals surface area contributed by atoms with Crippen molar-refractivity contribution in [2.75, 3.05) is 12.9 Å². The zero-order valence-electron chi connectivity index (χ0n) is 17.8. The van der Waals surface area contributed by atoms with Crippen molar-refractivity contribution in [3.05, 3.63) is 35.4 Å². The van der Waals surface area contributed by atoms with Crippen LogP contribution in [0.5, 0.6) is 0 Å². The van der Waals surface area contributed by atoms with Crippen molar-refractivity contribution >= 4 is 17.7 Å². The number of thioether (sulfide) groups is 1. The van der Waals surface area contributed by atoms with E-state index in [0.717, 1.165) is 18.4 Å². The number of carbonyl (C=O) groups is 1. The number of nitriles is 1. The first-order valence-electron chi connectivity index (χ1n) is 10.9. The molecular formula is C24H37NO2S. The number of nitrogens with zero attached hydrogens (tertiary/aromatic N) is 1. The molecule has 1 unspecified atom stereocenters. The highest BCUT2D eigenvalue weighted by Gasteiger charge is 2.24. The van der Waals surface area contributed by atoms with Gasteiger partial charge in [0, 0.05) is 12.2 Å². The van der Waals surface area contributed by atoms with Crippen molar-refractivity contribution in [1.82, 2.24) is 0 Å². The molecule has 156 valence electrons. The molecule has 3 nitrogen and oxygen atoms in total. The van der Waals surface area contributed by atoms with Gasteiger partial charge >= 0.3 is 5.97 Å². The summed E-state index contributed by atoms with van der Waals surface area (Å²) in [4.78, 5) is 12.3. The monoisotopic (exact) mass is 403 g/mol. The van der Waals surface area contributed by atoms with E-state index in [1.54, 1.807) is 0 Å². The summed E-state index contributed by atoms with van der Waals surface area (Å²) >= 11 is 1.51. The van der Waals surface area contributed by atoms with Gasteiger partial charge < -0.3 is 4.74 Å². The summed E-state index contributed by atoms with van der Waals surface area (Å²) in [5.41, 5.74) is 2.29. The summed E-state index contributed by atoms with van der Waals surface area (Å²) < 4.78 is 5.01. The van der Waals surface area contributed by atoms with E-state index in [-0.39, 0.29) is 11.2 Å². The molecule has 0 saturated heterocycles. The molecule has 28 heavy (non-hydrogen) atoms. The summed E-state index contributed by atoms with van der Waals surface area (Å²) in [6.45, 7) is 2.26. The molecule has 0 fully saturated rings. The molecule has 1 aromatic rings. The van der Waals surface area contributed by atoms with Gasteiger partial charge in [-0.3, -0.25) is 4.79 Å². The lowest BCUT2D eigenvalue weighted by atomic mass is 9.98. The summed E-state index contributed by atoms with van der Waals surface area (Å²) in [6.07, 6.45) is 14.7. The quantitative estimate of drug-likeness (QED) is 0.220. The molecule has 0 bridgehead atoms. The van der Waals surface area contributed by atoms with Crippen molar-refractivity contribution in [1.29, 1.82) is 5.26 Å². The van der Waals surface area contributed by atoms with Crippen molar-refractivity contribution in [3.63, 3.8) is 0 Å². The van der Waals surface area contributed by atoms with Gasteiger partial charge in [-0.2, -0.15) is 5.26 Å². The minimum absolute atomic E-state index is 0.224. The van der Waals surface area contributed by atoms with Crippen LogP contribution in [0.3, 0.4) is 0 Å². The van der Waals surface area contributed by atoms with E-state index in [0.29, 0.717) is 12.2 Å². The van der Waals surface area contributed by atoms with Crippen LogP contribution in [0, 0.1) is 11.3 Å². The Morgan fingerprint density at radius 3 is 2.25 bits per heavy atom. The van der Waals surface area contributed by atoms with E-state index in [1.165, 1.54) is 82.2 Å². The summed E-state index contributed by atoms with van der Waals surface area (Å²) in [6, 6.07) is 10.3. The van der Waals surface area contributed by atoms with E-state index >= 15 is 0 Å². The number of esters is 1. The molecule has 0 aliphatic heterocycles. The molecule has 0 N–H and O–H groups in total. The van der Waals surface area contributed by atoms with Crippen LogP contribution in [0.2, 0.25) is 0 Å². The highest BCUT2D eigenvalue weighted by Crippen LogP contribution is 2.33. The average molecular weight is 404 g/mol. The zero-order chi connectivity index (χ0) is 20.5. The fraction of sp³-hybridized carbons (Fsp3) is 0.667. The minimum atomic E-state index is -0.335. The Morgan fingerprint density at radius 2 is 1.64 bits per heavy atom. The second-order valence-electron chi connectivity index (χ2n) is 7.31. The smallest absolute Gasteiger partial charge is 0.323 e. The second kappa shape index (κ2) is 16.5. The van der Waals surface area contributed by atoms with Crippen LogP contribution in [0.15, 0.2) is 24.3 Å². The second-order valence-corrected chi connectivity index (χ2v) is 8.53. The van der Waals surface area contributed by atoms with Crippen LogP contribution in [0.1, 0.15) is 93.9 Å². The maximum absolute atomic E-state index is 12.3. The first kappa shape index (κ1) is 24.6. The molecule has 0 aliphatic carbocycles. The Bertz CT molecular complexity index is 582. The van der Waals surface area contributed by atoms with Crippen LogP contribution in [0.4, 0.5) is 0 Å².